The molecule has 2 aromatic rings. The zero-order valence-electron chi connectivity index (χ0n) is 11.7. The number of nitrogens with zero attached hydrogens (tertiary/aromatic N) is 4. The molecule has 0 saturated carbocycles. The molecule has 0 bridgehead atoms. The third kappa shape index (κ3) is 2.40. The van der Waals surface area contributed by atoms with Crippen LogP contribution in [0.4, 0.5) is 5.82 Å². The molecule has 0 radical (unpaired) electrons. The summed E-state index contributed by atoms with van der Waals surface area (Å²) in [7, 11) is 0. The minimum absolute atomic E-state index is 0.164. The van der Waals surface area contributed by atoms with Gasteiger partial charge in [0, 0.05) is 19.6 Å². The first-order valence-corrected chi connectivity index (χ1v) is 8.96. The van der Waals surface area contributed by atoms with Crippen molar-refractivity contribution in [2.75, 3.05) is 44.1 Å². The second-order valence-electron chi connectivity index (χ2n) is 5.29. The van der Waals surface area contributed by atoms with Gasteiger partial charge in [0.15, 0.2) is 15.8 Å². The number of rotatable bonds is 2. The van der Waals surface area contributed by atoms with Gasteiger partial charge in [-0.1, -0.05) is 11.8 Å². The van der Waals surface area contributed by atoms with E-state index in [1.54, 1.807) is 29.4 Å². The summed E-state index contributed by atoms with van der Waals surface area (Å²) in [6.07, 6.45) is 4.59. The molecule has 2 saturated heterocycles. The first kappa shape index (κ1) is 13.7. The lowest BCUT2D eigenvalue weighted by Gasteiger charge is -2.40. The molecule has 4 rings (SSSR count). The van der Waals surface area contributed by atoms with Crippen LogP contribution in [0, 0.1) is 0 Å². The van der Waals surface area contributed by atoms with Crippen LogP contribution in [0.1, 0.15) is 6.42 Å². The number of fused-ring (bicyclic) bond motifs is 1. The van der Waals surface area contributed by atoms with Crippen molar-refractivity contribution in [3.63, 3.8) is 0 Å². The number of thioether (sulfide) groups is 1. The summed E-state index contributed by atoms with van der Waals surface area (Å²) in [6, 6.07) is 0. The molecule has 2 aromatic heterocycles. The van der Waals surface area contributed by atoms with Crippen molar-refractivity contribution in [2.24, 2.45) is 0 Å². The van der Waals surface area contributed by atoms with Gasteiger partial charge in [-0.3, -0.25) is 0 Å². The Morgan fingerprint density at radius 2 is 2.33 bits per heavy atom. The number of ether oxygens (including phenoxy) is 2. The molecular weight excluding hydrogens is 308 g/mol. The van der Waals surface area contributed by atoms with Crippen molar-refractivity contribution >= 4 is 39.3 Å². The molecule has 0 amide bonds. The topological polar surface area (TPSA) is 60.4 Å². The molecule has 112 valence electrons. The molecule has 2 aliphatic heterocycles. The molecule has 1 atom stereocenters. The molecule has 1 unspecified atom stereocenters. The van der Waals surface area contributed by atoms with E-state index < -0.39 is 0 Å². The summed E-state index contributed by atoms with van der Waals surface area (Å²) < 4.78 is 13.6. The van der Waals surface area contributed by atoms with Crippen molar-refractivity contribution in [1.82, 2.24) is 15.0 Å². The van der Waals surface area contributed by atoms with Gasteiger partial charge < -0.3 is 14.4 Å². The number of anilines is 1. The van der Waals surface area contributed by atoms with E-state index in [2.05, 4.69) is 19.9 Å². The molecule has 2 fully saturated rings. The number of aromatic nitrogens is 3. The monoisotopic (exact) mass is 324 g/mol. The number of hydrogen-bond donors (Lipinski definition) is 0. The quantitative estimate of drug-likeness (QED) is 0.781. The van der Waals surface area contributed by atoms with E-state index in [1.807, 2.05) is 6.26 Å². The third-order valence-corrected chi connectivity index (χ3v) is 5.97. The van der Waals surface area contributed by atoms with Gasteiger partial charge in [-0.15, -0.1) is 11.3 Å². The lowest BCUT2D eigenvalue weighted by Crippen LogP contribution is -2.52. The van der Waals surface area contributed by atoms with E-state index in [1.165, 1.54) is 0 Å². The van der Waals surface area contributed by atoms with Crippen LogP contribution in [0.25, 0.3) is 10.3 Å². The van der Waals surface area contributed by atoms with Gasteiger partial charge in [0.25, 0.3) is 0 Å². The molecular formula is C13H16N4O2S2. The van der Waals surface area contributed by atoms with Crippen LogP contribution in [0.3, 0.4) is 0 Å². The Morgan fingerprint density at radius 3 is 3.14 bits per heavy atom. The molecule has 0 N–H and O–H groups in total. The number of thiazole rings is 1. The highest BCUT2D eigenvalue weighted by Crippen LogP contribution is 2.35. The van der Waals surface area contributed by atoms with Crippen molar-refractivity contribution in [3.05, 3.63) is 6.33 Å². The SMILES string of the molecule is CSc1nc2ncnc(N3CCOC4(CCOC4)C3)c2s1. The van der Waals surface area contributed by atoms with Crippen LogP contribution < -0.4 is 4.90 Å². The minimum Gasteiger partial charge on any atom is -0.378 e. The van der Waals surface area contributed by atoms with Crippen LogP contribution in [0.2, 0.25) is 0 Å². The largest absolute Gasteiger partial charge is 0.378 e. The zero-order chi connectivity index (χ0) is 14.3. The molecule has 4 heterocycles. The average molecular weight is 324 g/mol. The lowest BCUT2D eigenvalue weighted by molar-refractivity contribution is -0.0580. The molecule has 6 nitrogen and oxygen atoms in total. The lowest BCUT2D eigenvalue weighted by atomic mass is 10.0. The zero-order valence-corrected chi connectivity index (χ0v) is 13.4. The average Bonchev–Trinajstić information content (AvgIpc) is 3.13. The smallest absolute Gasteiger partial charge is 0.176 e. The van der Waals surface area contributed by atoms with Crippen molar-refractivity contribution < 1.29 is 9.47 Å². The molecule has 21 heavy (non-hydrogen) atoms. The fourth-order valence-corrected chi connectivity index (χ4v) is 4.42. The highest BCUT2D eigenvalue weighted by Gasteiger charge is 2.41. The minimum atomic E-state index is -0.164. The van der Waals surface area contributed by atoms with Crippen molar-refractivity contribution in [1.29, 1.82) is 0 Å². The van der Waals surface area contributed by atoms with Crippen molar-refractivity contribution in [3.8, 4) is 0 Å². The van der Waals surface area contributed by atoms with Gasteiger partial charge in [0.05, 0.1) is 19.8 Å². The first-order chi connectivity index (χ1) is 10.3. The number of morpholine rings is 1. The van der Waals surface area contributed by atoms with Gasteiger partial charge in [-0.05, 0) is 6.26 Å². The fraction of sp³-hybridized carbons (Fsp3) is 0.615. The maximum absolute atomic E-state index is 5.99. The molecule has 0 aliphatic carbocycles. The van der Waals surface area contributed by atoms with Crippen LogP contribution in [0.15, 0.2) is 10.7 Å². The van der Waals surface area contributed by atoms with Gasteiger partial charge in [0.2, 0.25) is 0 Å². The Balaban J connectivity index is 1.70. The van der Waals surface area contributed by atoms with Crippen LogP contribution in [0.5, 0.6) is 0 Å². The van der Waals surface area contributed by atoms with Gasteiger partial charge in [0.1, 0.15) is 16.6 Å². The maximum atomic E-state index is 5.99. The summed E-state index contributed by atoms with van der Waals surface area (Å²) >= 11 is 3.31. The summed E-state index contributed by atoms with van der Waals surface area (Å²) in [6.45, 7) is 3.84. The Morgan fingerprint density at radius 1 is 1.38 bits per heavy atom. The van der Waals surface area contributed by atoms with Gasteiger partial charge in [-0.2, -0.15) is 0 Å². The standard InChI is InChI=1S/C13H16N4O2S2/c1-20-12-16-10-9(21-12)11(15-8-14-10)17-3-5-19-13(6-17)2-4-18-7-13/h8H,2-7H2,1H3. The Hall–Kier alpha value is -0.960. The highest BCUT2D eigenvalue weighted by atomic mass is 32.2. The normalized spacial score (nSPS) is 26.0. The Labute approximate surface area is 130 Å². The summed E-state index contributed by atoms with van der Waals surface area (Å²) in [5, 5.41) is 0. The van der Waals surface area contributed by atoms with Crippen molar-refractivity contribution in [2.45, 2.75) is 16.4 Å². The first-order valence-electron chi connectivity index (χ1n) is 6.92. The predicted molar refractivity (Wildman–Crippen MR) is 83.3 cm³/mol. The van der Waals surface area contributed by atoms with E-state index in [9.17, 15) is 0 Å². The highest BCUT2D eigenvalue weighted by molar-refractivity contribution is 8.00. The fourth-order valence-electron chi connectivity index (χ4n) is 2.89. The summed E-state index contributed by atoms with van der Waals surface area (Å²) in [5.41, 5.74) is 0.625. The molecule has 2 aliphatic rings. The van der Waals surface area contributed by atoms with Crippen LogP contribution in [-0.2, 0) is 9.47 Å². The molecule has 8 heteroatoms. The summed E-state index contributed by atoms with van der Waals surface area (Å²) in [4.78, 5) is 15.6. The predicted octanol–water partition coefficient (Wildman–Crippen LogP) is 1.80. The summed E-state index contributed by atoms with van der Waals surface area (Å²) in [5.74, 6) is 0.979. The Kier molecular flexibility index (Phi) is 3.49. The van der Waals surface area contributed by atoms with E-state index in [0.717, 1.165) is 46.6 Å². The Bertz CT molecular complexity index is 657. The van der Waals surface area contributed by atoms with Gasteiger partial charge >= 0.3 is 0 Å². The van der Waals surface area contributed by atoms with E-state index in [4.69, 9.17) is 9.47 Å². The maximum Gasteiger partial charge on any atom is 0.176 e. The molecule has 0 aromatic carbocycles. The van der Waals surface area contributed by atoms with Gasteiger partial charge in [-0.25, -0.2) is 15.0 Å². The van der Waals surface area contributed by atoms with E-state index in [0.29, 0.717) is 13.2 Å². The van der Waals surface area contributed by atoms with E-state index in [-0.39, 0.29) is 5.60 Å². The van der Waals surface area contributed by atoms with Crippen LogP contribution >= 0.6 is 23.1 Å². The second-order valence-corrected chi connectivity index (χ2v) is 7.34. The third-order valence-electron chi connectivity index (χ3n) is 3.94. The molecule has 1 spiro atoms. The van der Waals surface area contributed by atoms with E-state index >= 15 is 0 Å². The number of hydrogen-bond acceptors (Lipinski definition) is 8. The second kappa shape index (κ2) is 5.35. The van der Waals surface area contributed by atoms with Crippen LogP contribution in [-0.4, -0.2) is 59.7 Å².